The topological polar surface area (TPSA) is 110 Å². The molecule has 4 unspecified atom stereocenters. The number of carbonyl (C=O) groups is 1. The quantitative estimate of drug-likeness (QED) is 0.0323. The second-order valence-electron chi connectivity index (χ2n) is 14.7. The fourth-order valence-electron chi connectivity index (χ4n) is 6.24. The Bertz CT molecular complexity index is 854. The smallest absolute Gasteiger partial charge is 0.249 e. The number of rotatable bonds is 38. The third-order valence-electron chi connectivity index (χ3n) is 9.72. The molecule has 0 rings (SSSR count). The molecule has 4 atom stereocenters. The average Bonchev–Trinajstić information content (AvgIpc) is 3.13. The molecule has 298 valence electrons. The number of amides is 1. The van der Waals surface area contributed by atoms with Crippen LogP contribution in [0.5, 0.6) is 0 Å². The van der Waals surface area contributed by atoms with Crippen molar-refractivity contribution in [2.45, 2.75) is 224 Å². The molecule has 0 saturated heterocycles. The van der Waals surface area contributed by atoms with E-state index >= 15 is 0 Å². The summed E-state index contributed by atoms with van der Waals surface area (Å²) in [5.41, 5.74) is 0. The zero-order valence-electron chi connectivity index (χ0n) is 33.3. The number of allylic oxidation sites excluding steroid dienone is 8. The van der Waals surface area contributed by atoms with Crippen LogP contribution >= 0.6 is 0 Å². The summed E-state index contributed by atoms with van der Waals surface area (Å²) in [5.74, 6) is -0.613. The van der Waals surface area contributed by atoms with Crippen molar-refractivity contribution in [3.63, 3.8) is 0 Å². The average molecular weight is 718 g/mol. The van der Waals surface area contributed by atoms with Gasteiger partial charge in [-0.15, -0.1) is 0 Å². The lowest BCUT2D eigenvalue weighted by atomic mass is 10.00. The van der Waals surface area contributed by atoms with E-state index in [1.54, 1.807) is 0 Å². The Morgan fingerprint density at radius 3 is 1.29 bits per heavy atom. The second-order valence-corrected chi connectivity index (χ2v) is 14.7. The van der Waals surface area contributed by atoms with Gasteiger partial charge >= 0.3 is 0 Å². The van der Waals surface area contributed by atoms with Crippen molar-refractivity contribution < 1.29 is 25.2 Å². The zero-order chi connectivity index (χ0) is 37.5. The van der Waals surface area contributed by atoms with Gasteiger partial charge in [0.05, 0.1) is 18.8 Å². The maximum atomic E-state index is 12.4. The summed E-state index contributed by atoms with van der Waals surface area (Å²) in [6.07, 6.45) is 47.3. The number of hydrogen-bond acceptors (Lipinski definition) is 5. The lowest BCUT2D eigenvalue weighted by molar-refractivity contribution is -0.132. The van der Waals surface area contributed by atoms with Crippen molar-refractivity contribution in [2.24, 2.45) is 0 Å². The van der Waals surface area contributed by atoms with E-state index in [-0.39, 0.29) is 0 Å². The normalized spacial score (nSPS) is 14.7. The first-order chi connectivity index (χ1) is 25.0. The van der Waals surface area contributed by atoms with E-state index in [4.69, 9.17) is 0 Å². The Hall–Kier alpha value is -1.73. The van der Waals surface area contributed by atoms with E-state index in [0.29, 0.717) is 19.3 Å². The Morgan fingerprint density at radius 1 is 0.471 bits per heavy atom. The van der Waals surface area contributed by atoms with Crippen LogP contribution < -0.4 is 5.32 Å². The molecule has 0 aromatic rings. The van der Waals surface area contributed by atoms with Gasteiger partial charge in [0, 0.05) is 0 Å². The summed E-state index contributed by atoms with van der Waals surface area (Å²) < 4.78 is 0. The molecule has 0 heterocycles. The van der Waals surface area contributed by atoms with Crippen LogP contribution in [0.4, 0.5) is 0 Å². The van der Waals surface area contributed by atoms with Crippen LogP contribution in [0.3, 0.4) is 0 Å². The van der Waals surface area contributed by atoms with Crippen LogP contribution in [0, 0.1) is 0 Å². The molecule has 0 aromatic heterocycles. The van der Waals surface area contributed by atoms with Crippen LogP contribution in [-0.2, 0) is 4.79 Å². The number of unbranched alkanes of at least 4 members (excludes halogenated alkanes) is 21. The number of aliphatic hydroxyl groups excluding tert-OH is 4. The van der Waals surface area contributed by atoms with Crippen LogP contribution in [-0.4, -0.2) is 57.3 Å². The molecular formula is C45H83NO5. The minimum atomic E-state index is -1.30. The minimum Gasteiger partial charge on any atom is -0.394 e. The number of aliphatic hydroxyl groups is 4. The van der Waals surface area contributed by atoms with Crippen molar-refractivity contribution in [1.29, 1.82) is 0 Å². The molecule has 6 heteroatoms. The Labute approximate surface area is 315 Å². The minimum absolute atomic E-state index is 0.341. The lowest BCUT2D eigenvalue weighted by Gasteiger charge is -2.27. The fraction of sp³-hybridized carbons (Fsp3) is 0.800. The van der Waals surface area contributed by atoms with Gasteiger partial charge < -0.3 is 25.7 Å². The molecule has 0 radical (unpaired) electrons. The highest BCUT2D eigenvalue weighted by Crippen LogP contribution is 2.14. The van der Waals surface area contributed by atoms with Crippen molar-refractivity contribution in [3.05, 3.63) is 48.6 Å². The first-order valence-electron chi connectivity index (χ1n) is 21.5. The summed E-state index contributed by atoms with van der Waals surface area (Å²) in [4.78, 5) is 12.4. The van der Waals surface area contributed by atoms with Gasteiger partial charge in [-0.2, -0.15) is 0 Å². The van der Waals surface area contributed by atoms with Crippen molar-refractivity contribution in [1.82, 2.24) is 5.32 Å². The lowest BCUT2D eigenvalue weighted by Crippen LogP contribution is -2.53. The monoisotopic (exact) mass is 718 g/mol. The largest absolute Gasteiger partial charge is 0.394 e. The van der Waals surface area contributed by atoms with Crippen molar-refractivity contribution in [2.75, 3.05) is 6.61 Å². The highest BCUT2D eigenvalue weighted by Gasteiger charge is 2.28. The standard InChI is InChI=1S/C45H83NO5/c1-3-5-7-9-11-13-15-16-17-18-19-20-21-22-23-24-25-26-27-28-29-31-32-34-36-38-42(48)44(50)41(40-47)46-45(51)43(49)39-37-35-33-30-14-12-10-8-6-4-2/h10,12,22-23,26-27,31-32,41-44,47-50H,3-9,11,13-21,24-25,28-30,33-40H2,1-2H3,(H,46,51)/b12-10-,23-22+,27-26+,32-31+. The molecular weight excluding hydrogens is 634 g/mol. The predicted molar refractivity (Wildman–Crippen MR) is 219 cm³/mol. The molecule has 51 heavy (non-hydrogen) atoms. The highest BCUT2D eigenvalue weighted by molar-refractivity contribution is 5.80. The van der Waals surface area contributed by atoms with Gasteiger partial charge in [0.15, 0.2) is 0 Å². The third kappa shape index (κ3) is 33.8. The summed E-state index contributed by atoms with van der Waals surface area (Å²) in [6.45, 7) is 3.97. The molecule has 5 N–H and O–H groups in total. The van der Waals surface area contributed by atoms with Gasteiger partial charge in [0.1, 0.15) is 12.2 Å². The number of carbonyl (C=O) groups excluding carboxylic acids is 1. The van der Waals surface area contributed by atoms with Gasteiger partial charge in [-0.3, -0.25) is 4.79 Å². The maximum absolute atomic E-state index is 12.4. The highest BCUT2D eigenvalue weighted by atomic mass is 16.3. The molecule has 0 bridgehead atoms. The fourth-order valence-corrected chi connectivity index (χ4v) is 6.24. The summed E-state index contributed by atoms with van der Waals surface area (Å²) in [6, 6.07) is -1.02. The van der Waals surface area contributed by atoms with Crippen LogP contribution in [0.25, 0.3) is 0 Å². The first kappa shape index (κ1) is 49.3. The number of hydrogen-bond donors (Lipinski definition) is 5. The Kier molecular flexibility index (Phi) is 38.1. The van der Waals surface area contributed by atoms with Crippen molar-refractivity contribution >= 4 is 5.91 Å². The molecule has 0 aliphatic rings. The van der Waals surface area contributed by atoms with E-state index in [1.807, 2.05) is 0 Å². The molecule has 0 aromatic carbocycles. The van der Waals surface area contributed by atoms with Gasteiger partial charge in [-0.05, 0) is 83.5 Å². The zero-order valence-corrected chi connectivity index (χ0v) is 33.3. The van der Waals surface area contributed by atoms with Gasteiger partial charge in [-0.25, -0.2) is 0 Å². The van der Waals surface area contributed by atoms with E-state index in [1.165, 1.54) is 96.3 Å². The van der Waals surface area contributed by atoms with E-state index in [9.17, 15) is 25.2 Å². The van der Waals surface area contributed by atoms with E-state index in [0.717, 1.165) is 70.6 Å². The Balaban J connectivity index is 3.80. The summed E-state index contributed by atoms with van der Waals surface area (Å²) in [5, 5.41) is 43.4. The number of nitrogens with one attached hydrogen (secondary N) is 1. The Morgan fingerprint density at radius 2 is 0.843 bits per heavy atom. The molecule has 1 amide bonds. The predicted octanol–water partition coefficient (Wildman–Crippen LogP) is 11.1. The van der Waals surface area contributed by atoms with E-state index < -0.39 is 36.9 Å². The first-order valence-corrected chi connectivity index (χ1v) is 21.5. The van der Waals surface area contributed by atoms with Gasteiger partial charge in [0.25, 0.3) is 0 Å². The molecule has 0 fully saturated rings. The third-order valence-corrected chi connectivity index (χ3v) is 9.72. The van der Waals surface area contributed by atoms with Crippen molar-refractivity contribution in [3.8, 4) is 0 Å². The van der Waals surface area contributed by atoms with Crippen LogP contribution in [0.1, 0.15) is 200 Å². The summed E-state index contributed by atoms with van der Waals surface area (Å²) >= 11 is 0. The van der Waals surface area contributed by atoms with Gasteiger partial charge in [0.2, 0.25) is 5.91 Å². The molecule has 6 nitrogen and oxygen atoms in total. The molecule has 0 saturated carbocycles. The summed E-state index contributed by atoms with van der Waals surface area (Å²) in [7, 11) is 0. The van der Waals surface area contributed by atoms with Crippen LogP contribution in [0.15, 0.2) is 48.6 Å². The van der Waals surface area contributed by atoms with E-state index in [2.05, 4.69) is 67.8 Å². The maximum Gasteiger partial charge on any atom is 0.249 e. The SMILES string of the molecule is CCCC/C=C\CCCCCCC(O)C(=O)NC(CO)C(O)C(O)CCC/C=C/CC/C=C/CC/C=C/CCCCCCCCCCCCCC. The second kappa shape index (κ2) is 39.5. The van der Waals surface area contributed by atoms with Crippen LogP contribution in [0.2, 0.25) is 0 Å². The molecule has 0 aliphatic heterocycles. The molecule has 0 aliphatic carbocycles. The van der Waals surface area contributed by atoms with Gasteiger partial charge in [-0.1, -0.05) is 165 Å². The molecule has 0 spiro atoms.